The van der Waals surface area contributed by atoms with Gasteiger partial charge in [0.15, 0.2) is 15.6 Å². The van der Waals surface area contributed by atoms with Gasteiger partial charge in [-0.25, -0.2) is 8.42 Å². The van der Waals surface area contributed by atoms with Gasteiger partial charge in [0.1, 0.15) is 6.04 Å². The fourth-order valence-corrected chi connectivity index (χ4v) is 5.06. The molecule has 1 aromatic rings. The Morgan fingerprint density at radius 2 is 1.69 bits per heavy atom. The van der Waals surface area contributed by atoms with Crippen molar-refractivity contribution in [2.75, 3.05) is 24.6 Å². The van der Waals surface area contributed by atoms with Gasteiger partial charge in [-0.05, 0) is 49.8 Å². The molecule has 0 radical (unpaired) electrons. The maximum absolute atomic E-state index is 12.5. The average Bonchev–Trinajstić information content (AvgIpc) is 2.71. The summed E-state index contributed by atoms with van der Waals surface area (Å²) in [5.74, 6) is -0.826. The van der Waals surface area contributed by atoms with Crippen molar-refractivity contribution in [3.05, 3.63) is 34.9 Å². The summed E-state index contributed by atoms with van der Waals surface area (Å²) in [6, 6.07) is 5.05. The van der Waals surface area contributed by atoms with E-state index in [9.17, 15) is 22.8 Å². The van der Waals surface area contributed by atoms with Crippen molar-refractivity contribution in [3.63, 3.8) is 0 Å². The molecule has 1 aliphatic heterocycles. The molecule has 1 aromatic carbocycles. The number of nitrogens with zero attached hydrogens (tertiary/aromatic N) is 1. The van der Waals surface area contributed by atoms with Crippen LogP contribution < -0.4 is 5.32 Å². The lowest BCUT2D eigenvalue weighted by molar-refractivity contribution is -0.135. The van der Waals surface area contributed by atoms with Gasteiger partial charge >= 0.3 is 0 Å². The van der Waals surface area contributed by atoms with Crippen molar-refractivity contribution >= 4 is 27.4 Å². The quantitative estimate of drug-likeness (QED) is 0.699. The molecule has 3 rings (SSSR count). The number of carbonyl (C=O) groups is 3. The number of aryl methyl sites for hydroxylation is 2. The monoisotopic (exact) mass is 420 g/mol. The van der Waals surface area contributed by atoms with Crippen LogP contribution in [0.1, 0.15) is 54.1 Å². The summed E-state index contributed by atoms with van der Waals surface area (Å²) in [5.41, 5.74) is 3.18. The molecule has 29 heavy (non-hydrogen) atoms. The SMILES string of the molecule is CC(NC(=O)CCC(=O)c1ccc2c(c1)CCCC2)C(=O)N1CCS(=O)(=O)CC1. The van der Waals surface area contributed by atoms with Crippen LogP contribution in [-0.4, -0.2) is 61.6 Å². The molecular weight excluding hydrogens is 392 g/mol. The lowest BCUT2D eigenvalue weighted by atomic mass is 9.89. The highest BCUT2D eigenvalue weighted by Crippen LogP contribution is 2.23. The number of rotatable bonds is 6. The van der Waals surface area contributed by atoms with Crippen molar-refractivity contribution in [2.24, 2.45) is 0 Å². The second kappa shape index (κ2) is 9.07. The molecule has 1 fully saturated rings. The largest absolute Gasteiger partial charge is 0.345 e. The molecule has 0 bridgehead atoms. The van der Waals surface area contributed by atoms with Gasteiger partial charge in [0.2, 0.25) is 11.8 Å². The van der Waals surface area contributed by atoms with E-state index in [-0.39, 0.29) is 55.0 Å². The van der Waals surface area contributed by atoms with E-state index in [1.54, 1.807) is 6.92 Å². The number of sulfone groups is 1. The van der Waals surface area contributed by atoms with E-state index in [0.717, 1.165) is 19.3 Å². The summed E-state index contributed by atoms with van der Waals surface area (Å²) < 4.78 is 22.9. The highest BCUT2D eigenvalue weighted by molar-refractivity contribution is 7.91. The zero-order chi connectivity index (χ0) is 21.0. The molecule has 2 aliphatic rings. The predicted molar refractivity (Wildman–Crippen MR) is 109 cm³/mol. The molecule has 158 valence electrons. The standard InChI is InChI=1S/C21H28N2O5S/c1-15(21(26)23-10-12-29(27,28)13-11-23)22-20(25)9-8-19(24)18-7-6-16-4-2-3-5-17(16)14-18/h6-7,14-15H,2-5,8-13H2,1H3,(H,22,25). The molecule has 0 spiro atoms. The first-order valence-electron chi connectivity index (χ1n) is 10.2. The molecule has 1 aliphatic carbocycles. The number of nitrogens with one attached hydrogen (secondary N) is 1. The molecule has 8 heteroatoms. The Morgan fingerprint density at radius 3 is 2.38 bits per heavy atom. The van der Waals surface area contributed by atoms with Crippen LogP contribution in [0.2, 0.25) is 0 Å². The average molecular weight is 421 g/mol. The first-order chi connectivity index (χ1) is 13.7. The van der Waals surface area contributed by atoms with E-state index in [4.69, 9.17) is 0 Å². The molecule has 1 heterocycles. The van der Waals surface area contributed by atoms with Gasteiger partial charge in [-0.2, -0.15) is 0 Å². The Kier molecular flexibility index (Phi) is 6.72. The van der Waals surface area contributed by atoms with E-state index >= 15 is 0 Å². The Bertz CT molecular complexity index is 896. The van der Waals surface area contributed by atoms with Crippen LogP contribution >= 0.6 is 0 Å². The third-order valence-electron chi connectivity index (χ3n) is 5.65. The molecule has 1 unspecified atom stereocenters. The summed E-state index contributed by atoms with van der Waals surface area (Å²) in [5, 5.41) is 2.62. The number of hydrogen-bond acceptors (Lipinski definition) is 5. The number of Topliss-reactive ketones (excluding diaryl/α,β-unsaturated/α-hetero) is 1. The predicted octanol–water partition coefficient (Wildman–Crippen LogP) is 1.29. The Hall–Kier alpha value is -2.22. The lowest BCUT2D eigenvalue weighted by Crippen LogP contribution is -2.51. The minimum absolute atomic E-state index is 0.0158. The number of carbonyl (C=O) groups excluding carboxylic acids is 3. The van der Waals surface area contributed by atoms with Gasteiger partial charge in [-0.1, -0.05) is 12.1 Å². The van der Waals surface area contributed by atoms with Crippen molar-refractivity contribution in [1.29, 1.82) is 0 Å². The molecule has 1 N–H and O–H groups in total. The van der Waals surface area contributed by atoms with Gasteiger partial charge in [0.25, 0.3) is 0 Å². The number of fused-ring (bicyclic) bond motifs is 1. The minimum atomic E-state index is -3.07. The van der Waals surface area contributed by atoms with Gasteiger partial charge in [-0.3, -0.25) is 14.4 Å². The van der Waals surface area contributed by atoms with Crippen LogP contribution in [0.15, 0.2) is 18.2 Å². The molecule has 0 aromatic heterocycles. The third kappa shape index (κ3) is 5.65. The van der Waals surface area contributed by atoms with Crippen LogP contribution in [0, 0.1) is 0 Å². The Labute approximate surface area is 171 Å². The second-order valence-electron chi connectivity index (χ2n) is 7.88. The van der Waals surface area contributed by atoms with Crippen molar-refractivity contribution in [1.82, 2.24) is 10.2 Å². The van der Waals surface area contributed by atoms with E-state index < -0.39 is 15.9 Å². The number of ketones is 1. The molecule has 0 saturated carbocycles. The Morgan fingerprint density at radius 1 is 1.03 bits per heavy atom. The zero-order valence-electron chi connectivity index (χ0n) is 16.8. The highest BCUT2D eigenvalue weighted by atomic mass is 32.2. The van der Waals surface area contributed by atoms with E-state index in [0.29, 0.717) is 5.56 Å². The first-order valence-corrected chi connectivity index (χ1v) is 12.0. The van der Waals surface area contributed by atoms with Gasteiger partial charge < -0.3 is 10.2 Å². The van der Waals surface area contributed by atoms with E-state index in [1.165, 1.54) is 22.4 Å². The van der Waals surface area contributed by atoms with Gasteiger partial charge in [0.05, 0.1) is 11.5 Å². The normalized spacial score (nSPS) is 19.1. The van der Waals surface area contributed by atoms with Crippen LogP contribution in [0.3, 0.4) is 0 Å². The molecule has 1 atom stereocenters. The number of amides is 2. The minimum Gasteiger partial charge on any atom is -0.345 e. The van der Waals surface area contributed by atoms with Crippen LogP contribution in [0.4, 0.5) is 0 Å². The smallest absolute Gasteiger partial charge is 0.244 e. The van der Waals surface area contributed by atoms with Crippen molar-refractivity contribution in [3.8, 4) is 0 Å². The van der Waals surface area contributed by atoms with Gasteiger partial charge in [0, 0.05) is 31.5 Å². The highest BCUT2D eigenvalue weighted by Gasteiger charge is 2.28. The summed E-state index contributed by atoms with van der Waals surface area (Å²) in [6.45, 7) is 1.88. The molecule has 1 saturated heterocycles. The second-order valence-corrected chi connectivity index (χ2v) is 10.2. The van der Waals surface area contributed by atoms with E-state index in [1.807, 2.05) is 18.2 Å². The van der Waals surface area contributed by atoms with Crippen LogP contribution in [-0.2, 0) is 32.3 Å². The fourth-order valence-electron chi connectivity index (χ4n) is 3.86. The topological polar surface area (TPSA) is 101 Å². The number of hydrogen-bond donors (Lipinski definition) is 1. The zero-order valence-corrected chi connectivity index (χ0v) is 17.6. The lowest BCUT2D eigenvalue weighted by Gasteiger charge is -2.29. The molecule has 7 nitrogen and oxygen atoms in total. The first kappa shape index (κ1) is 21.5. The molecular formula is C21H28N2O5S. The third-order valence-corrected chi connectivity index (χ3v) is 7.26. The van der Waals surface area contributed by atoms with Crippen LogP contribution in [0.25, 0.3) is 0 Å². The maximum atomic E-state index is 12.5. The maximum Gasteiger partial charge on any atom is 0.244 e. The number of benzene rings is 1. The summed E-state index contributed by atoms with van der Waals surface area (Å²) in [7, 11) is -3.07. The summed E-state index contributed by atoms with van der Waals surface area (Å²) >= 11 is 0. The molecule has 2 amide bonds. The Balaban J connectivity index is 1.46. The van der Waals surface area contributed by atoms with E-state index in [2.05, 4.69) is 5.32 Å². The fraction of sp³-hybridized carbons (Fsp3) is 0.571. The summed E-state index contributed by atoms with van der Waals surface area (Å²) in [6.07, 6.45) is 4.48. The van der Waals surface area contributed by atoms with Crippen molar-refractivity contribution < 1.29 is 22.8 Å². The van der Waals surface area contributed by atoms with Crippen LogP contribution in [0.5, 0.6) is 0 Å². The summed E-state index contributed by atoms with van der Waals surface area (Å²) in [4.78, 5) is 38.5. The van der Waals surface area contributed by atoms with Crippen molar-refractivity contribution in [2.45, 2.75) is 51.5 Å². The van der Waals surface area contributed by atoms with Gasteiger partial charge in [-0.15, -0.1) is 0 Å².